The van der Waals surface area contributed by atoms with Gasteiger partial charge in [-0.1, -0.05) is 52.3 Å². The van der Waals surface area contributed by atoms with E-state index in [0.717, 1.165) is 32.1 Å². The van der Waals surface area contributed by atoms with Crippen molar-refractivity contribution in [3.05, 3.63) is 116 Å². The summed E-state index contributed by atoms with van der Waals surface area (Å²) >= 11 is 3.51. The Labute approximate surface area is 206 Å². The van der Waals surface area contributed by atoms with Crippen molar-refractivity contribution in [1.29, 1.82) is 0 Å². The minimum atomic E-state index is -1.18. The largest absolute Gasteiger partial charge is 0.389 e. The molecule has 3 atom stereocenters. The number of fused-ring (bicyclic) bond motifs is 1. The minimum absolute atomic E-state index is 0.153. The number of aryl methyl sites for hydroxylation is 1. The van der Waals surface area contributed by atoms with Crippen LogP contribution in [0.3, 0.4) is 0 Å². The molecule has 1 aliphatic rings. The van der Waals surface area contributed by atoms with Crippen molar-refractivity contribution in [1.82, 2.24) is 10.3 Å². The Bertz CT molecular complexity index is 1400. The molecule has 4 nitrogen and oxygen atoms in total. The van der Waals surface area contributed by atoms with E-state index in [1.54, 1.807) is 6.07 Å². The Kier molecular flexibility index (Phi) is 6.15. The van der Waals surface area contributed by atoms with Crippen LogP contribution in [0.4, 0.5) is 4.39 Å². The molecule has 4 aromatic rings. The quantitative estimate of drug-likeness (QED) is 0.322. The third kappa shape index (κ3) is 4.33. The molecule has 2 unspecified atom stereocenters. The molecule has 174 valence electrons. The Morgan fingerprint density at radius 3 is 2.65 bits per heavy atom. The van der Waals surface area contributed by atoms with E-state index in [1.807, 2.05) is 61.5 Å². The number of aromatic nitrogens is 1. The highest BCUT2D eigenvalue weighted by Gasteiger charge is 2.44. The predicted molar refractivity (Wildman–Crippen MR) is 137 cm³/mol. The number of hydrogen-bond acceptors (Lipinski definition) is 3. The zero-order valence-corrected chi connectivity index (χ0v) is 20.4. The monoisotopic (exact) mass is 520 g/mol. The molecule has 0 spiro atoms. The smallest absolute Gasteiger partial charge is 0.252 e. The molecule has 0 saturated carbocycles. The Morgan fingerprint density at radius 1 is 1.09 bits per heavy atom. The lowest BCUT2D eigenvalue weighted by molar-refractivity contribution is -0.0194. The van der Waals surface area contributed by atoms with Crippen molar-refractivity contribution in [2.24, 2.45) is 0 Å². The van der Waals surface area contributed by atoms with Gasteiger partial charge in [-0.3, -0.25) is 4.79 Å². The molecule has 0 radical (unpaired) electrons. The highest BCUT2D eigenvalue weighted by Crippen LogP contribution is 2.44. The van der Waals surface area contributed by atoms with Crippen LogP contribution in [0.5, 0.6) is 0 Å². The molecule has 1 fully saturated rings. The summed E-state index contributed by atoms with van der Waals surface area (Å²) in [5, 5.41) is 16.6. The second kappa shape index (κ2) is 9.10. The fraction of sp³-hybridized carbons (Fsp3) is 0.250. The standard InChI is InChI=1S/C28H26BrFN2O2/c1-17-13-21(30)8-9-22(17)25-16-28(34,11-12-31-25)26(18-5-3-2-4-6-18)23-15-19-14-20(29)7-10-24(19)32-27(23)33/h2-10,13-15,25-26,31,34H,11-12,16H2,1H3,(H,32,33)/t25-,26?,28?/m1/s1. The van der Waals surface area contributed by atoms with Crippen LogP contribution in [-0.2, 0) is 0 Å². The van der Waals surface area contributed by atoms with E-state index in [0.29, 0.717) is 24.9 Å². The summed E-state index contributed by atoms with van der Waals surface area (Å²) in [6.07, 6.45) is 0.883. The number of piperidine rings is 1. The molecule has 2 heterocycles. The number of rotatable bonds is 4. The summed E-state index contributed by atoms with van der Waals surface area (Å²) in [6, 6.07) is 22.0. The molecule has 1 saturated heterocycles. The first-order valence-electron chi connectivity index (χ1n) is 11.4. The molecule has 6 heteroatoms. The van der Waals surface area contributed by atoms with E-state index in [4.69, 9.17) is 0 Å². The van der Waals surface area contributed by atoms with Crippen molar-refractivity contribution < 1.29 is 9.50 Å². The third-order valence-electron chi connectivity index (χ3n) is 6.93. The lowest BCUT2D eigenvalue weighted by Crippen LogP contribution is -2.49. The first kappa shape index (κ1) is 23.0. The molecule has 5 rings (SSSR count). The van der Waals surface area contributed by atoms with Crippen LogP contribution >= 0.6 is 15.9 Å². The topological polar surface area (TPSA) is 65.1 Å². The van der Waals surface area contributed by atoms with Gasteiger partial charge in [-0.2, -0.15) is 0 Å². The summed E-state index contributed by atoms with van der Waals surface area (Å²) < 4.78 is 14.6. The maximum Gasteiger partial charge on any atom is 0.252 e. The highest BCUT2D eigenvalue weighted by molar-refractivity contribution is 9.10. The molecule has 34 heavy (non-hydrogen) atoms. The maximum absolute atomic E-state index is 13.7. The molecular weight excluding hydrogens is 495 g/mol. The van der Waals surface area contributed by atoms with Crippen LogP contribution < -0.4 is 10.9 Å². The number of aromatic amines is 1. The number of nitrogens with one attached hydrogen (secondary N) is 2. The molecule has 0 aliphatic carbocycles. The van der Waals surface area contributed by atoms with Gasteiger partial charge in [-0.05, 0) is 84.8 Å². The zero-order chi connectivity index (χ0) is 23.9. The summed E-state index contributed by atoms with van der Waals surface area (Å²) in [6.45, 7) is 2.46. The lowest BCUT2D eigenvalue weighted by Gasteiger charge is -2.43. The Balaban J connectivity index is 1.64. The van der Waals surface area contributed by atoms with Gasteiger partial charge in [0.15, 0.2) is 0 Å². The van der Waals surface area contributed by atoms with Crippen LogP contribution in [0, 0.1) is 12.7 Å². The second-order valence-corrected chi connectivity index (χ2v) is 10.1. The van der Waals surface area contributed by atoms with Gasteiger partial charge in [0.25, 0.3) is 5.56 Å². The van der Waals surface area contributed by atoms with E-state index in [9.17, 15) is 14.3 Å². The average molecular weight is 521 g/mol. The molecule has 0 amide bonds. The molecule has 3 aromatic carbocycles. The first-order valence-corrected chi connectivity index (χ1v) is 12.2. The van der Waals surface area contributed by atoms with Gasteiger partial charge in [0.2, 0.25) is 0 Å². The van der Waals surface area contributed by atoms with Crippen LogP contribution in [0.15, 0.2) is 82.1 Å². The summed E-state index contributed by atoms with van der Waals surface area (Å²) in [5.41, 5.74) is 2.60. The van der Waals surface area contributed by atoms with E-state index in [-0.39, 0.29) is 17.4 Å². The van der Waals surface area contributed by atoms with Gasteiger partial charge in [-0.15, -0.1) is 0 Å². The lowest BCUT2D eigenvalue weighted by atomic mass is 9.70. The summed E-state index contributed by atoms with van der Waals surface area (Å²) in [4.78, 5) is 16.3. The van der Waals surface area contributed by atoms with Crippen LogP contribution in [0.25, 0.3) is 10.9 Å². The predicted octanol–water partition coefficient (Wildman–Crippen LogP) is 5.73. The fourth-order valence-electron chi connectivity index (χ4n) is 5.34. The van der Waals surface area contributed by atoms with Crippen molar-refractivity contribution in [2.45, 2.75) is 37.3 Å². The summed E-state index contributed by atoms with van der Waals surface area (Å²) in [7, 11) is 0. The van der Waals surface area contributed by atoms with Crippen LogP contribution in [0.2, 0.25) is 0 Å². The first-order chi connectivity index (χ1) is 16.3. The Morgan fingerprint density at radius 2 is 1.88 bits per heavy atom. The molecule has 1 aromatic heterocycles. The van der Waals surface area contributed by atoms with E-state index in [2.05, 4.69) is 26.2 Å². The van der Waals surface area contributed by atoms with Crippen molar-refractivity contribution in [2.75, 3.05) is 6.54 Å². The average Bonchev–Trinajstić information content (AvgIpc) is 2.80. The fourth-order valence-corrected chi connectivity index (χ4v) is 5.72. The van der Waals surface area contributed by atoms with Crippen molar-refractivity contribution in [3.63, 3.8) is 0 Å². The second-order valence-electron chi connectivity index (χ2n) is 9.19. The van der Waals surface area contributed by atoms with Gasteiger partial charge in [0.1, 0.15) is 5.82 Å². The van der Waals surface area contributed by atoms with Gasteiger partial charge >= 0.3 is 0 Å². The third-order valence-corrected chi connectivity index (χ3v) is 7.42. The number of pyridine rings is 1. The van der Waals surface area contributed by atoms with Gasteiger partial charge < -0.3 is 15.4 Å². The summed E-state index contributed by atoms with van der Waals surface area (Å²) in [5.74, 6) is -0.797. The number of aliphatic hydroxyl groups is 1. The van der Waals surface area contributed by atoms with Gasteiger partial charge in [0.05, 0.1) is 5.60 Å². The minimum Gasteiger partial charge on any atom is -0.389 e. The number of benzene rings is 3. The SMILES string of the molecule is Cc1cc(F)ccc1[C@H]1CC(O)(C(c2ccccc2)c2cc3cc(Br)ccc3[nH]c2=O)CCN1. The maximum atomic E-state index is 13.7. The van der Waals surface area contributed by atoms with Gasteiger partial charge in [-0.25, -0.2) is 4.39 Å². The normalized spacial score (nSPS) is 21.5. The van der Waals surface area contributed by atoms with Crippen LogP contribution in [0.1, 0.15) is 47.1 Å². The van der Waals surface area contributed by atoms with Crippen molar-refractivity contribution in [3.8, 4) is 0 Å². The molecule has 0 bridgehead atoms. The zero-order valence-electron chi connectivity index (χ0n) is 18.8. The van der Waals surface area contributed by atoms with Gasteiger partial charge in [0, 0.05) is 27.5 Å². The van der Waals surface area contributed by atoms with Crippen LogP contribution in [-0.4, -0.2) is 22.2 Å². The number of halogens is 2. The number of hydrogen-bond donors (Lipinski definition) is 3. The van der Waals surface area contributed by atoms with E-state index >= 15 is 0 Å². The molecular formula is C28H26BrFN2O2. The van der Waals surface area contributed by atoms with Crippen molar-refractivity contribution >= 4 is 26.8 Å². The van der Waals surface area contributed by atoms with E-state index < -0.39 is 11.5 Å². The van der Waals surface area contributed by atoms with E-state index in [1.165, 1.54) is 12.1 Å². The Hall–Kier alpha value is -2.80. The number of H-pyrrole nitrogens is 1. The highest BCUT2D eigenvalue weighted by atomic mass is 79.9. The molecule has 1 aliphatic heterocycles. The molecule has 3 N–H and O–H groups in total.